The molecule has 0 radical (unpaired) electrons. The summed E-state index contributed by atoms with van der Waals surface area (Å²) in [5, 5.41) is 0. The zero-order valence-electron chi connectivity index (χ0n) is 14.5. The summed E-state index contributed by atoms with van der Waals surface area (Å²) in [6.45, 7) is 4.79. The monoisotopic (exact) mass is 347 g/mol. The molecule has 3 rings (SSSR count). The largest absolute Gasteiger partial charge is 0.481 e. The van der Waals surface area contributed by atoms with E-state index in [1.54, 1.807) is 24.8 Å². The molecule has 0 aromatic heterocycles. The average Bonchev–Trinajstić information content (AvgIpc) is 2.52. The SMILES string of the molecule is CC1(C)CC(=O)C=C(C(=O)N2CCO[C@H](Cc3cccc(F)c3)C2)O1. The fourth-order valence-corrected chi connectivity index (χ4v) is 3.20. The zero-order chi connectivity index (χ0) is 18.0. The number of morpholine rings is 1. The first-order valence-electron chi connectivity index (χ1n) is 8.41. The number of nitrogens with zero attached hydrogens (tertiary/aromatic N) is 1. The van der Waals surface area contributed by atoms with Crippen LogP contribution < -0.4 is 0 Å². The number of hydrogen-bond donors (Lipinski definition) is 0. The molecule has 134 valence electrons. The van der Waals surface area contributed by atoms with Crippen molar-refractivity contribution in [2.24, 2.45) is 0 Å². The number of ketones is 1. The average molecular weight is 347 g/mol. The molecule has 0 bridgehead atoms. The van der Waals surface area contributed by atoms with Crippen molar-refractivity contribution in [1.82, 2.24) is 4.90 Å². The Bertz CT molecular complexity index is 713. The van der Waals surface area contributed by atoms with Crippen LogP contribution in [0, 0.1) is 5.82 Å². The quantitative estimate of drug-likeness (QED) is 0.842. The topological polar surface area (TPSA) is 55.8 Å². The molecule has 2 heterocycles. The number of benzene rings is 1. The summed E-state index contributed by atoms with van der Waals surface area (Å²) in [5.41, 5.74) is 0.146. The molecule has 1 amide bonds. The summed E-state index contributed by atoms with van der Waals surface area (Å²) in [5.74, 6) is -0.603. The minimum atomic E-state index is -0.677. The molecule has 0 unspecified atom stereocenters. The Kier molecular flexibility index (Phi) is 4.90. The van der Waals surface area contributed by atoms with E-state index in [0.29, 0.717) is 26.1 Å². The molecule has 1 atom stereocenters. The highest BCUT2D eigenvalue weighted by Crippen LogP contribution is 2.26. The first kappa shape index (κ1) is 17.6. The molecule has 6 heteroatoms. The van der Waals surface area contributed by atoms with E-state index >= 15 is 0 Å². The molecular weight excluding hydrogens is 325 g/mol. The van der Waals surface area contributed by atoms with Gasteiger partial charge in [0.2, 0.25) is 0 Å². The van der Waals surface area contributed by atoms with Gasteiger partial charge in [-0.2, -0.15) is 0 Å². The van der Waals surface area contributed by atoms with Gasteiger partial charge in [-0.1, -0.05) is 12.1 Å². The van der Waals surface area contributed by atoms with E-state index in [4.69, 9.17) is 9.47 Å². The fourth-order valence-electron chi connectivity index (χ4n) is 3.20. The van der Waals surface area contributed by atoms with Crippen LogP contribution in [0.5, 0.6) is 0 Å². The molecule has 5 nitrogen and oxygen atoms in total. The van der Waals surface area contributed by atoms with Crippen LogP contribution in [0.25, 0.3) is 0 Å². The van der Waals surface area contributed by atoms with Crippen LogP contribution in [0.3, 0.4) is 0 Å². The maximum absolute atomic E-state index is 13.3. The summed E-state index contributed by atoms with van der Waals surface area (Å²) in [4.78, 5) is 26.2. The van der Waals surface area contributed by atoms with E-state index in [9.17, 15) is 14.0 Å². The molecule has 1 saturated heterocycles. The number of ether oxygens (including phenoxy) is 2. The minimum Gasteiger partial charge on any atom is -0.481 e. The van der Waals surface area contributed by atoms with Gasteiger partial charge in [-0.15, -0.1) is 0 Å². The number of halogens is 1. The second-order valence-corrected chi connectivity index (χ2v) is 7.09. The van der Waals surface area contributed by atoms with Gasteiger partial charge in [0.25, 0.3) is 5.91 Å². The van der Waals surface area contributed by atoms with Crippen molar-refractivity contribution in [3.05, 3.63) is 47.5 Å². The van der Waals surface area contributed by atoms with Gasteiger partial charge < -0.3 is 14.4 Å². The summed E-state index contributed by atoms with van der Waals surface area (Å²) in [7, 11) is 0. The predicted molar refractivity (Wildman–Crippen MR) is 89.3 cm³/mol. The Hall–Kier alpha value is -2.21. The first-order chi connectivity index (χ1) is 11.8. The number of allylic oxidation sites excluding steroid dienone is 1. The number of carbonyl (C=O) groups is 2. The van der Waals surface area contributed by atoms with E-state index in [0.717, 1.165) is 5.56 Å². The lowest BCUT2D eigenvalue weighted by Gasteiger charge is -2.36. The minimum absolute atomic E-state index is 0.0904. The van der Waals surface area contributed by atoms with Gasteiger partial charge in [0.1, 0.15) is 11.4 Å². The van der Waals surface area contributed by atoms with Gasteiger partial charge in [-0.3, -0.25) is 9.59 Å². The van der Waals surface area contributed by atoms with Crippen LogP contribution in [-0.4, -0.2) is 48.0 Å². The summed E-state index contributed by atoms with van der Waals surface area (Å²) < 4.78 is 24.7. The molecule has 25 heavy (non-hydrogen) atoms. The van der Waals surface area contributed by atoms with Crippen molar-refractivity contribution in [3.63, 3.8) is 0 Å². The molecule has 1 aromatic carbocycles. The van der Waals surface area contributed by atoms with E-state index in [1.807, 2.05) is 6.07 Å². The fraction of sp³-hybridized carbons (Fsp3) is 0.474. The van der Waals surface area contributed by atoms with Gasteiger partial charge in [-0.05, 0) is 31.5 Å². The Morgan fingerprint density at radius 2 is 2.20 bits per heavy atom. The third-order valence-corrected chi connectivity index (χ3v) is 4.27. The van der Waals surface area contributed by atoms with E-state index in [2.05, 4.69) is 0 Å². The maximum Gasteiger partial charge on any atom is 0.289 e. The van der Waals surface area contributed by atoms with Gasteiger partial charge in [-0.25, -0.2) is 4.39 Å². The molecule has 1 aromatic rings. The van der Waals surface area contributed by atoms with Crippen molar-refractivity contribution < 1.29 is 23.5 Å². The highest BCUT2D eigenvalue weighted by Gasteiger charge is 2.35. The van der Waals surface area contributed by atoms with Crippen molar-refractivity contribution in [1.29, 1.82) is 0 Å². The Morgan fingerprint density at radius 3 is 2.92 bits per heavy atom. The molecule has 0 aliphatic carbocycles. The van der Waals surface area contributed by atoms with Crippen molar-refractivity contribution in [2.45, 2.75) is 38.4 Å². The van der Waals surface area contributed by atoms with Crippen LogP contribution in [0.15, 0.2) is 36.1 Å². The highest BCUT2D eigenvalue weighted by molar-refractivity contribution is 6.01. The second-order valence-electron chi connectivity index (χ2n) is 7.09. The molecular formula is C19H22FNO4. The molecule has 2 aliphatic heterocycles. The first-order valence-corrected chi connectivity index (χ1v) is 8.41. The lowest BCUT2D eigenvalue weighted by molar-refractivity contribution is -0.144. The summed E-state index contributed by atoms with van der Waals surface area (Å²) >= 11 is 0. The molecule has 2 aliphatic rings. The maximum atomic E-state index is 13.3. The lowest BCUT2D eigenvalue weighted by atomic mass is 9.98. The molecule has 0 saturated carbocycles. The summed E-state index contributed by atoms with van der Waals surface area (Å²) in [6, 6.07) is 6.36. The predicted octanol–water partition coefficient (Wildman–Crippen LogP) is 2.25. The van der Waals surface area contributed by atoms with Crippen molar-refractivity contribution in [2.75, 3.05) is 19.7 Å². The smallest absolute Gasteiger partial charge is 0.289 e. The molecule has 0 N–H and O–H groups in total. The molecule has 0 spiro atoms. The van der Waals surface area contributed by atoms with Crippen LogP contribution >= 0.6 is 0 Å². The van der Waals surface area contributed by atoms with Crippen LogP contribution in [-0.2, 0) is 25.5 Å². The van der Waals surface area contributed by atoms with Gasteiger partial charge in [0.15, 0.2) is 11.5 Å². The van der Waals surface area contributed by atoms with E-state index < -0.39 is 5.60 Å². The van der Waals surface area contributed by atoms with Gasteiger partial charge in [0.05, 0.1) is 12.7 Å². The number of carbonyl (C=O) groups excluding carboxylic acids is 2. The van der Waals surface area contributed by atoms with Crippen molar-refractivity contribution >= 4 is 11.7 Å². The Morgan fingerprint density at radius 1 is 1.40 bits per heavy atom. The van der Waals surface area contributed by atoms with Crippen molar-refractivity contribution in [3.8, 4) is 0 Å². The van der Waals surface area contributed by atoms with Crippen LogP contribution in [0.4, 0.5) is 4.39 Å². The number of hydrogen-bond acceptors (Lipinski definition) is 4. The Balaban J connectivity index is 1.66. The van der Waals surface area contributed by atoms with Crippen LogP contribution in [0.2, 0.25) is 0 Å². The third kappa shape index (κ3) is 4.45. The zero-order valence-corrected chi connectivity index (χ0v) is 14.5. The van der Waals surface area contributed by atoms with E-state index in [1.165, 1.54) is 18.2 Å². The number of rotatable bonds is 3. The second kappa shape index (κ2) is 6.96. The van der Waals surface area contributed by atoms with Gasteiger partial charge >= 0.3 is 0 Å². The van der Waals surface area contributed by atoms with Gasteiger partial charge in [0, 0.05) is 32.0 Å². The normalized spacial score (nSPS) is 23.0. The summed E-state index contributed by atoms with van der Waals surface area (Å²) in [6.07, 6.45) is 1.85. The van der Waals surface area contributed by atoms with Crippen LogP contribution in [0.1, 0.15) is 25.8 Å². The lowest BCUT2D eigenvalue weighted by Crippen LogP contribution is -2.48. The highest BCUT2D eigenvalue weighted by atomic mass is 19.1. The molecule has 1 fully saturated rings. The number of amides is 1. The Labute approximate surface area is 146 Å². The third-order valence-electron chi connectivity index (χ3n) is 4.27. The van der Waals surface area contributed by atoms with E-state index in [-0.39, 0.29) is 35.8 Å². The standard InChI is InChI=1S/C19H22FNO4/c1-19(2)11-15(22)10-17(25-19)18(23)21-6-7-24-16(12-21)9-13-4-3-5-14(20)8-13/h3-5,8,10,16H,6-7,9,11-12H2,1-2H3/t16-/m1/s1.